The minimum Gasteiger partial charge on any atom is -0.336 e. The van der Waals surface area contributed by atoms with E-state index in [-0.39, 0.29) is 6.04 Å². The van der Waals surface area contributed by atoms with Crippen molar-refractivity contribution in [2.45, 2.75) is 39.4 Å². The summed E-state index contributed by atoms with van der Waals surface area (Å²) in [5, 5.41) is 0. The van der Waals surface area contributed by atoms with Crippen LogP contribution >= 0.6 is 0 Å². The molecule has 0 radical (unpaired) electrons. The Morgan fingerprint density at radius 2 is 1.90 bits per heavy atom. The molecular formula is C14H17F4NO. The van der Waals surface area contributed by atoms with Gasteiger partial charge in [-0.1, -0.05) is 6.92 Å². The van der Waals surface area contributed by atoms with Gasteiger partial charge in [0.25, 0.3) is 5.91 Å². The molecule has 0 saturated heterocycles. The van der Waals surface area contributed by atoms with Gasteiger partial charge in [-0.05, 0) is 38.5 Å². The lowest BCUT2D eigenvalue weighted by Gasteiger charge is -2.27. The minimum atomic E-state index is -4.60. The van der Waals surface area contributed by atoms with Crippen molar-refractivity contribution in [3.63, 3.8) is 0 Å². The van der Waals surface area contributed by atoms with Crippen molar-refractivity contribution in [2.24, 2.45) is 0 Å². The third kappa shape index (κ3) is 3.49. The van der Waals surface area contributed by atoms with Crippen LogP contribution in [0.15, 0.2) is 18.2 Å². The molecule has 0 aliphatic rings. The monoisotopic (exact) mass is 291 g/mol. The highest BCUT2D eigenvalue weighted by Gasteiger charge is 2.32. The first-order valence-electron chi connectivity index (χ1n) is 6.40. The molecule has 0 saturated carbocycles. The van der Waals surface area contributed by atoms with E-state index in [9.17, 15) is 22.4 Å². The third-order valence-electron chi connectivity index (χ3n) is 3.25. The Morgan fingerprint density at radius 1 is 1.30 bits per heavy atom. The zero-order valence-electron chi connectivity index (χ0n) is 11.6. The molecule has 6 heteroatoms. The smallest absolute Gasteiger partial charge is 0.336 e. The van der Waals surface area contributed by atoms with Gasteiger partial charge in [-0.3, -0.25) is 4.79 Å². The Bertz CT molecular complexity index is 485. The van der Waals surface area contributed by atoms with Gasteiger partial charge < -0.3 is 4.90 Å². The summed E-state index contributed by atoms with van der Waals surface area (Å²) < 4.78 is 51.5. The van der Waals surface area contributed by atoms with Crippen LogP contribution in [0.2, 0.25) is 0 Å². The van der Waals surface area contributed by atoms with E-state index < -0.39 is 29.0 Å². The zero-order valence-corrected chi connectivity index (χ0v) is 11.6. The van der Waals surface area contributed by atoms with Gasteiger partial charge in [-0.15, -0.1) is 0 Å². The molecule has 0 aromatic heterocycles. The average Bonchev–Trinajstić information content (AvgIpc) is 2.38. The lowest BCUT2D eigenvalue weighted by molar-refractivity contribution is -0.137. The second-order valence-corrected chi connectivity index (χ2v) is 4.54. The fourth-order valence-corrected chi connectivity index (χ4v) is 1.90. The van der Waals surface area contributed by atoms with Gasteiger partial charge in [0, 0.05) is 12.6 Å². The van der Waals surface area contributed by atoms with Crippen LogP contribution in [0, 0.1) is 5.82 Å². The van der Waals surface area contributed by atoms with Crippen molar-refractivity contribution < 1.29 is 22.4 Å². The van der Waals surface area contributed by atoms with Crippen molar-refractivity contribution in [3.05, 3.63) is 35.1 Å². The first kappa shape index (κ1) is 16.5. The van der Waals surface area contributed by atoms with E-state index in [1.165, 1.54) is 4.90 Å². The first-order chi connectivity index (χ1) is 9.22. The predicted octanol–water partition coefficient (Wildman–Crippen LogP) is 4.11. The summed E-state index contributed by atoms with van der Waals surface area (Å²) >= 11 is 0. The van der Waals surface area contributed by atoms with Crippen molar-refractivity contribution in [1.82, 2.24) is 4.90 Å². The van der Waals surface area contributed by atoms with Gasteiger partial charge in [0.2, 0.25) is 0 Å². The number of benzene rings is 1. The molecule has 0 spiro atoms. The minimum absolute atomic E-state index is 0.165. The van der Waals surface area contributed by atoms with Crippen LogP contribution in [-0.2, 0) is 6.18 Å². The number of rotatable bonds is 4. The Balaban J connectivity index is 3.21. The molecule has 1 rings (SSSR count). The largest absolute Gasteiger partial charge is 0.416 e. The summed E-state index contributed by atoms with van der Waals surface area (Å²) in [6.07, 6.45) is -3.96. The van der Waals surface area contributed by atoms with Gasteiger partial charge in [0.05, 0.1) is 11.1 Å². The molecule has 1 aromatic carbocycles. The van der Waals surface area contributed by atoms with E-state index in [1.54, 1.807) is 13.8 Å². The van der Waals surface area contributed by atoms with Gasteiger partial charge in [-0.2, -0.15) is 13.2 Å². The Morgan fingerprint density at radius 3 is 2.35 bits per heavy atom. The number of hydrogen-bond acceptors (Lipinski definition) is 1. The number of amides is 1. The molecule has 112 valence electrons. The van der Waals surface area contributed by atoms with Crippen LogP contribution in [0.25, 0.3) is 0 Å². The van der Waals surface area contributed by atoms with Crippen molar-refractivity contribution in [3.8, 4) is 0 Å². The van der Waals surface area contributed by atoms with Gasteiger partial charge >= 0.3 is 6.18 Å². The second kappa shape index (κ2) is 6.24. The zero-order chi connectivity index (χ0) is 15.5. The lowest BCUT2D eigenvalue weighted by Crippen LogP contribution is -2.38. The molecule has 1 amide bonds. The number of nitrogens with zero attached hydrogens (tertiary/aromatic N) is 1. The molecule has 1 aromatic rings. The normalized spacial score (nSPS) is 13.2. The predicted molar refractivity (Wildman–Crippen MR) is 67.9 cm³/mol. The SMILES string of the molecule is CCC(C)N(CC)C(=O)c1cc(C(F)(F)F)ccc1F. The highest BCUT2D eigenvalue weighted by molar-refractivity contribution is 5.95. The fourth-order valence-electron chi connectivity index (χ4n) is 1.90. The van der Waals surface area contributed by atoms with E-state index in [1.807, 2.05) is 6.92 Å². The van der Waals surface area contributed by atoms with Crippen LogP contribution in [0.3, 0.4) is 0 Å². The topological polar surface area (TPSA) is 20.3 Å². The standard InChI is InChI=1S/C14H17F4NO/c1-4-9(3)19(5-2)13(20)11-8-10(14(16,17)18)6-7-12(11)15/h6-9H,4-5H2,1-3H3. The van der Waals surface area contributed by atoms with Crippen molar-refractivity contribution in [1.29, 1.82) is 0 Å². The van der Waals surface area contributed by atoms with Gasteiger partial charge in [0.1, 0.15) is 5.82 Å². The summed E-state index contributed by atoms with van der Waals surface area (Å²) in [5.41, 5.74) is -1.57. The average molecular weight is 291 g/mol. The van der Waals surface area contributed by atoms with Crippen molar-refractivity contribution >= 4 is 5.91 Å². The quantitative estimate of drug-likeness (QED) is 0.765. The fraction of sp³-hybridized carbons (Fsp3) is 0.500. The molecule has 0 aliphatic carbocycles. The molecule has 20 heavy (non-hydrogen) atoms. The Kier molecular flexibility index (Phi) is 5.14. The van der Waals surface area contributed by atoms with Crippen LogP contribution in [-0.4, -0.2) is 23.4 Å². The highest BCUT2D eigenvalue weighted by Crippen LogP contribution is 2.30. The van der Waals surface area contributed by atoms with Gasteiger partial charge in [0.15, 0.2) is 0 Å². The molecule has 1 atom stereocenters. The third-order valence-corrected chi connectivity index (χ3v) is 3.25. The highest BCUT2D eigenvalue weighted by atomic mass is 19.4. The van der Waals surface area contributed by atoms with E-state index in [4.69, 9.17) is 0 Å². The number of carbonyl (C=O) groups is 1. The molecule has 1 unspecified atom stereocenters. The van der Waals surface area contributed by atoms with Crippen LogP contribution < -0.4 is 0 Å². The maximum atomic E-state index is 13.7. The maximum absolute atomic E-state index is 13.7. The van der Waals surface area contributed by atoms with Crippen LogP contribution in [0.1, 0.15) is 43.1 Å². The summed E-state index contributed by atoms with van der Waals surface area (Å²) in [6.45, 7) is 5.63. The molecule has 0 bridgehead atoms. The molecule has 2 nitrogen and oxygen atoms in total. The number of alkyl halides is 3. The number of carbonyl (C=O) groups excluding carboxylic acids is 1. The number of hydrogen-bond donors (Lipinski definition) is 0. The van der Waals surface area contributed by atoms with Crippen LogP contribution in [0.4, 0.5) is 17.6 Å². The summed E-state index contributed by atoms with van der Waals surface area (Å²) in [7, 11) is 0. The molecule has 0 fully saturated rings. The molecular weight excluding hydrogens is 274 g/mol. The summed E-state index contributed by atoms with van der Waals surface area (Å²) in [6, 6.07) is 1.72. The summed E-state index contributed by atoms with van der Waals surface area (Å²) in [4.78, 5) is 13.6. The lowest BCUT2D eigenvalue weighted by atomic mass is 10.1. The van der Waals surface area contributed by atoms with E-state index in [0.717, 1.165) is 0 Å². The first-order valence-corrected chi connectivity index (χ1v) is 6.40. The van der Waals surface area contributed by atoms with Gasteiger partial charge in [-0.25, -0.2) is 4.39 Å². The maximum Gasteiger partial charge on any atom is 0.416 e. The molecule has 0 aliphatic heterocycles. The second-order valence-electron chi connectivity index (χ2n) is 4.54. The molecule has 0 N–H and O–H groups in total. The van der Waals surface area contributed by atoms with Crippen LogP contribution in [0.5, 0.6) is 0 Å². The Labute approximate surface area is 115 Å². The number of halogens is 4. The summed E-state index contributed by atoms with van der Waals surface area (Å²) in [5.74, 6) is -1.66. The van der Waals surface area contributed by atoms with E-state index in [0.29, 0.717) is 31.2 Å². The Hall–Kier alpha value is -1.59. The van der Waals surface area contributed by atoms with E-state index in [2.05, 4.69) is 0 Å². The van der Waals surface area contributed by atoms with E-state index >= 15 is 0 Å². The van der Waals surface area contributed by atoms with Crippen molar-refractivity contribution in [2.75, 3.05) is 6.54 Å². The molecule has 0 heterocycles.